The first-order chi connectivity index (χ1) is 15.6. The largest absolute Gasteiger partial charge is 0.497 e. The molecular weight excluding hydrogens is 432 g/mol. The lowest BCUT2D eigenvalue weighted by Crippen LogP contribution is -2.27. The number of nitrogens with two attached hydrogens (primary N) is 1. The van der Waals surface area contributed by atoms with E-state index in [1.165, 1.54) is 0 Å². The molecule has 0 bridgehead atoms. The van der Waals surface area contributed by atoms with Gasteiger partial charge in [-0.05, 0) is 49.5 Å². The molecule has 190 valence electrons. The Bertz CT molecular complexity index is 640. The number of methoxy groups -OCH3 is 1. The van der Waals surface area contributed by atoms with Crippen LogP contribution in [0.5, 0.6) is 5.75 Å². The summed E-state index contributed by atoms with van der Waals surface area (Å²) in [5, 5.41) is 32.9. The van der Waals surface area contributed by atoms with Crippen molar-refractivity contribution in [3.63, 3.8) is 0 Å². The normalized spacial score (nSPS) is 9.85. The van der Waals surface area contributed by atoms with Gasteiger partial charge in [0.15, 0.2) is 0 Å². The predicted molar refractivity (Wildman–Crippen MR) is 127 cm³/mol. The highest BCUT2D eigenvalue weighted by molar-refractivity contribution is 5.69. The molecule has 0 aliphatic rings. The molecule has 0 amide bonds. The third-order valence-electron chi connectivity index (χ3n) is 3.80. The molecule has 11 heteroatoms. The first kappa shape index (κ1) is 32.4. The molecule has 0 saturated carbocycles. The fourth-order valence-electron chi connectivity index (χ4n) is 2.10. The van der Waals surface area contributed by atoms with Gasteiger partial charge in [0.1, 0.15) is 5.75 Å². The highest BCUT2D eigenvalue weighted by Gasteiger charge is 1.97. The van der Waals surface area contributed by atoms with Gasteiger partial charge in [-0.25, -0.2) is 0 Å². The van der Waals surface area contributed by atoms with Crippen LogP contribution >= 0.6 is 0 Å². The van der Waals surface area contributed by atoms with Crippen LogP contribution in [-0.4, -0.2) is 86.2 Å². The zero-order valence-electron chi connectivity index (χ0n) is 19.8. The molecule has 0 spiro atoms. The summed E-state index contributed by atoms with van der Waals surface area (Å²) in [4.78, 5) is 30.0. The van der Waals surface area contributed by atoms with Crippen molar-refractivity contribution < 1.29 is 34.4 Å². The Morgan fingerprint density at radius 3 is 1.70 bits per heavy atom. The van der Waals surface area contributed by atoms with E-state index in [4.69, 9.17) is 25.8 Å². The summed E-state index contributed by atoms with van der Waals surface area (Å²) in [6.45, 7) is 6.81. The van der Waals surface area contributed by atoms with Crippen LogP contribution in [0.3, 0.4) is 0 Å². The van der Waals surface area contributed by atoms with Crippen molar-refractivity contribution in [3.05, 3.63) is 29.8 Å². The van der Waals surface area contributed by atoms with Gasteiger partial charge in [0.25, 0.3) is 0 Å². The standard InChI is InChI=1S/C11H15NO3.C7H15NO2.C4H10N2O2/c1-15-10-4-2-9(3-5-10)6-7-12-8-11(13)14;1-6(2)3-4-8-5-7(9)10;5-1-2-6-3-4(7)8/h2-5,12H,6-8H2,1H3,(H,13,14);6,8H,3-5H2,1-2H3,(H,9,10);6H,1-3,5H2,(H,7,8). The van der Waals surface area contributed by atoms with Crippen molar-refractivity contribution in [3.8, 4) is 5.75 Å². The van der Waals surface area contributed by atoms with E-state index in [1.807, 2.05) is 24.3 Å². The van der Waals surface area contributed by atoms with E-state index in [0.29, 0.717) is 25.6 Å². The minimum Gasteiger partial charge on any atom is -0.497 e. The second-order valence-electron chi connectivity index (χ2n) is 7.28. The van der Waals surface area contributed by atoms with Crippen LogP contribution in [0, 0.1) is 5.92 Å². The van der Waals surface area contributed by atoms with Gasteiger partial charge in [0, 0.05) is 13.1 Å². The van der Waals surface area contributed by atoms with Crippen molar-refractivity contribution in [2.45, 2.75) is 26.7 Å². The van der Waals surface area contributed by atoms with E-state index >= 15 is 0 Å². The van der Waals surface area contributed by atoms with Crippen molar-refractivity contribution in [2.75, 3.05) is 52.9 Å². The van der Waals surface area contributed by atoms with Crippen molar-refractivity contribution in [1.29, 1.82) is 0 Å². The third-order valence-corrected chi connectivity index (χ3v) is 3.80. The minimum atomic E-state index is -0.849. The van der Waals surface area contributed by atoms with Crippen LogP contribution in [0.1, 0.15) is 25.8 Å². The number of aliphatic carboxylic acids is 3. The van der Waals surface area contributed by atoms with Crippen LogP contribution in [0.4, 0.5) is 0 Å². The van der Waals surface area contributed by atoms with E-state index in [0.717, 1.165) is 30.7 Å². The molecule has 33 heavy (non-hydrogen) atoms. The maximum atomic E-state index is 10.2. The molecule has 0 aliphatic heterocycles. The number of carboxylic acid groups (broad SMARTS) is 3. The van der Waals surface area contributed by atoms with E-state index in [9.17, 15) is 14.4 Å². The number of rotatable bonds is 15. The zero-order valence-corrected chi connectivity index (χ0v) is 19.8. The zero-order chi connectivity index (χ0) is 25.5. The highest BCUT2D eigenvalue weighted by Crippen LogP contribution is 2.11. The fourth-order valence-corrected chi connectivity index (χ4v) is 2.10. The first-order valence-electron chi connectivity index (χ1n) is 10.7. The van der Waals surface area contributed by atoms with Crippen LogP contribution in [0.2, 0.25) is 0 Å². The SMILES string of the molecule is CC(C)CCNCC(=O)O.COc1ccc(CCNCC(=O)O)cc1.NCCNCC(=O)O. The molecule has 8 N–H and O–H groups in total. The Morgan fingerprint density at radius 1 is 0.848 bits per heavy atom. The summed E-state index contributed by atoms with van der Waals surface area (Å²) in [6, 6.07) is 7.74. The molecule has 0 fully saturated rings. The maximum Gasteiger partial charge on any atom is 0.317 e. The van der Waals surface area contributed by atoms with Gasteiger partial charge < -0.3 is 41.7 Å². The molecule has 1 aromatic rings. The summed E-state index contributed by atoms with van der Waals surface area (Å²) in [6.07, 6.45) is 1.85. The summed E-state index contributed by atoms with van der Waals surface area (Å²) in [5.41, 5.74) is 6.22. The molecular formula is C22H40N4O7. The van der Waals surface area contributed by atoms with Crippen molar-refractivity contribution >= 4 is 17.9 Å². The Balaban J connectivity index is 0. The van der Waals surface area contributed by atoms with Crippen molar-refractivity contribution in [2.24, 2.45) is 11.7 Å². The smallest absolute Gasteiger partial charge is 0.317 e. The molecule has 0 radical (unpaired) electrons. The molecule has 0 saturated heterocycles. The number of benzene rings is 1. The number of nitrogens with one attached hydrogen (secondary N) is 3. The molecule has 0 unspecified atom stereocenters. The highest BCUT2D eigenvalue weighted by atomic mass is 16.5. The molecule has 0 heterocycles. The lowest BCUT2D eigenvalue weighted by molar-refractivity contribution is -0.136. The van der Waals surface area contributed by atoms with Gasteiger partial charge in [-0.2, -0.15) is 0 Å². The van der Waals surface area contributed by atoms with Crippen molar-refractivity contribution in [1.82, 2.24) is 16.0 Å². The molecule has 11 nitrogen and oxygen atoms in total. The monoisotopic (exact) mass is 472 g/mol. The van der Waals surface area contributed by atoms with Gasteiger partial charge in [-0.3, -0.25) is 14.4 Å². The topological polar surface area (TPSA) is 183 Å². The average molecular weight is 473 g/mol. The third kappa shape index (κ3) is 27.2. The Morgan fingerprint density at radius 2 is 1.30 bits per heavy atom. The molecule has 0 atom stereocenters. The number of ether oxygens (including phenoxy) is 1. The Kier molecular flexibility index (Phi) is 22.1. The maximum absolute atomic E-state index is 10.2. The molecule has 1 aromatic carbocycles. The van der Waals surface area contributed by atoms with Gasteiger partial charge >= 0.3 is 17.9 Å². The predicted octanol–water partition coefficient (Wildman–Crippen LogP) is 0.238. The average Bonchev–Trinajstić information content (AvgIpc) is 2.75. The van der Waals surface area contributed by atoms with Gasteiger partial charge in [0.2, 0.25) is 0 Å². The van der Waals surface area contributed by atoms with E-state index < -0.39 is 17.9 Å². The molecule has 0 aromatic heterocycles. The first-order valence-corrected chi connectivity index (χ1v) is 10.7. The second-order valence-corrected chi connectivity index (χ2v) is 7.28. The molecule has 1 rings (SSSR count). The minimum absolute atomic E-state index is 0.00278. The van der Waals surface area contributed by atoms with Gasteiger partial charge in [-0.1, -0.05) is 26.0 Å². The quantitative estimate of drug-likeness (QED) is 0.173. The summed E-state index contributed by atoms with van der Waals surface area (Å²) in [7, 11) is 1.63. The van der Waals surface area contributed by atoms with Crippen LogP contribution in [-0.2, 0) is 20.8 Å². The lowest BCUT2D eigenvalue weighted by atomic mass is 10.1. The van der Waals surface area contributed by atoms with Gasteiger partial charge in [-0.15, -0.1) is 0 Å². The molecule has 0 aliphatic carbocycles. The van der Waals surface area contributed by atoms with Crippen LogP contribution in [0.25, 0.3) is 0 Å². The Labute approximate surface area is 195 Å². The Hall–Kier alpha value is -2.73. The van der Waals surface area contributed by atoms with E-state index in [2.05, 4.69) is 29.8 Å². The fraction of sp³-hybridized carbons (Fsp3) is 0.591. The summed E-state index contributed by atoms with van der Waals surface area (Å²) < 4.78 is 5.03. The van der Waals surface area contributed by atoms with Crippen LogP contribution < -0.4 is 26.4 Å². The number of hydrogen-bond acceptors (Lipinski definition) is 8. The number of hydrogen-bond donors (Lipinski definition) is 7. The number of carboxylic acids is 3. The summed E-state index contributed by atoms with van der Waals surface area (Å²) >= 11 is 0. The summed E-state index contributed by atoms with van der Waals surface area (Å²) in [5.74, 6) is -0.995. The van der Waals surface area contributed by atoms with Crippen LogP contribution in [0.15, 0.2) is 24.3 Å². The van der Waals surface area contributed by atoms with Gasteiger partial charge in [0.05, 0.1) is 26.7 Å². The van der Waals surface area contributed by atoms with E-state index in [-0.39, 0.29) is 19.6 Å². The number of carbonyl (C=O) groups is 3. The second kappa shape index (κ2) is 22.5. The van der Waals surface area contributed by atoms with E-state index in [1.54, 1.807) is 7.11 Å². The lowest BCUT2D eigenvalue weighted by Gasteiger charge is -2.03.